The molecular weight excluding hydrogens is 280 g/mol. The number of benzene rings is 1. The van der Waals surface area contributed by atoms with Crippen LogP contribution in [-0.2, 0) is 0 Å². The fourth-order valence-corrected chi connectivity index (χ4v) is 1.85. The van der Waals surface area contributed by atoms with Gasteiger partial charge in [-0.15, -0.1) is 0 Å². The van der Waals surface area contributed by atoms with Crippen molar-refractivity contribution in [2.75, 3.05) is 18.5 Å². The molecule has 0 aliphatic carbocycles. The quantitative estimate of drug-likeness (QED) is 0.661. The van der Waals surface area contributed by atoms with Crippen LogP contribution in [0.2, 0.25) is 0 Å². The van der Waals surface area contributed by atoms with E-state index >= 15 is 0 Å². The van der Waals surface area contributed by atoms with E-state index < -0.39 is 6.43 Å². The van der Waals surface area contributed by atoms with E-state index in [4.69, 9.17) is 11.1 Å². The van der Waals surface area contributed by atoms with Crippen molar-refractivity contribution in [2.24, 2.45) is 5.73 Å². The van der Waals surface area contributed by atoms with Crippen LogP contribution in [-0.4, -0.2) is 25.9 Å². The molecule has 88 valence electrons. The molecule has 6 heteroatoms. The average molecular weight is 292 g/mol. The second kappa shape index (κ2) is 5.25. The highest BCUT2D eigenvalue weighted by Crippen LogP contribution is 2.23. The van der Waals surface area contributed by atoms with Gasteiger partial charge in [0.1, 0.15) is 5.84 Å². The number of anilines is 1. The van der Waals surface area contributed by atoms with E-state index in [9.17, 15) is 8.78 Å². The van der Waals surface area contributed by atoms with Crippen LogP contribution in [0.25, 0.3) is 0 Å². The van der Waals surface area contributed by atoms with Crippen molar-refractivity contribution in [3.05, 3.63) is 28.2 Å². The summed E-state index contributed by atoms with van der Waals surface area (Å²) < 4.78 is 25.0. The zero-order valence-electron chi connectivity index (χ0n) is 8.67. The smallest absolute Gasteiger partial charge is 0.255 e. The highest BCUT2D eigenvalue weighted by atomic mass is 79.9. The van der Waals surface area contributed by atoms with Crippen LogP contribution in [0.3, 0.4) is 0 Å². The van der Waals surface area contributed by atoms with E-state index in [1.807, 2.05) is 0 Å². The molecule has 1 rings (SSSR count). The van der Waals surface area contributed by atoms with Gasteiger partial charge in [-0.25, -0.2) is 8.78 Å². The van der Waals surface area contributed by atoms with Crippen molar-refractivity contribution in [1.29, 1.82) is 5.41 Å². The molecule has 1 aromatic carbocycles. The van der Waals surface area contributed by atoms with Gasteiger partial charge in [-0.3, -0.25) is 5.41 Å². The lowest BCUT2D eigenvalue weighted by molar-refractivity contribution is 0.156. The molecule has 0 fully saturated rings. The molecular formula is C10H12BrF2N3. The number of nitrogen functional groups attached to an aromatic ring is 1. The summed E-state index contributed by atoms with van der Waals surface area (Å²) in [5.74, 6) is -0.0602. The summed E-state index contributed by atoms with van der Waals surface area (Å²) in [7, 11) is 1.58. The van der Waals surface area contributed by atoms with Crippen molar-refractivity contribution < 1.29 is 8.78 Å². The molecule has 0 spiro atoms. The minimum atomic E-state index is -2.38. The monoisotopic (exact) mass is 291 g/mol. The van der Waals surface area contributed by atoms with E-state index in [1.165, 1.54) is 4.90 Å². The molecule has 16 heavy (non-hydrogen) atoms. The summed E-state index contributed by atoms with van der Waals surface area (Å²) >= 11 is 3.25. The first-order chi connectivity index (χ1) is 7.41. The van der Waals surface area contributed by atoms with Crippen molar-refractivity contribution in [3.8, 4) is 0 Å². The number of nitrogens with two attached hydrogens (primary N) is 1. The number of hydrogen-bond donors (Lipinski definition) is 2. The van der Waals surface area contributed by atoms with Crippen molar-refractivity contribution in [3.63, 3.8) is 0 Å². The first-order valence-corrected chi connectivity index (χ1v) is 5.34. The second-order valence-electron chi connectivity index (χ2n) is 3.35. The third-order valence-corrected chi connectivity index (χ3v) is 2.75. The van der Waals surface area contributed by atoms with Gasteiger partial charge in [-0.05, 0) is 34.1 Å². The molecule has 0 aromatic heterocycles. The Hall–Kier alpha value is -1.17. The second-order valence-corrected chi connectivity index (χ2v) is 4.20. The summed E-state index contributed by atoms with van der Waals surface area (Å²) in [6.07, 6.45) is -2.38. The zero-order chi connectivity index (χ0) is 12.3. The van der Waals surface area contributed by atoms with Gasteiger partial charge in [0, 0.05) is 22.8 Å². The number of nitrogens with one attached hydrogen (secondary N) is 1. The van der Waals surface area contributed by atoms with Crippen LogP contribution in [0.1, 0.15) is 5.56 Å². The maximum absolute atomic E-state index is 12.2. The molecule has 0 aliphatic heterocycles. The molecule has 3 N–H and O–H groups in total. The SMILES string of the molecule is CN(CC(F)F)c1ccc(C(=N)N)c(Br)c1. The molecule has 0 saturated carbocycles. The molecule has 3 nitrogen and oxygen atoms in total. The summed E-state index contributed by atoms with van der Waals surface area (Å²) in [6, 6.07) is 4.95. The summed E-state index contributed by atoms with van der Waals surface area (Å²) in [5, 5.41) is 7.28. The van der Waals surface area contributed by atoms with Gasteiger partial charge in [0.05, 0.1) is 6.54 Å². The first-order valence-electron chi connectivity index (χ1n) is 4.55. The third-order valence-electron chi connectivity index (χ3n) is 2.10. The molecule has 0 bridgehead atoms. The largest absolute Gasteiger partial charge is 0.384 e. The highest BCUT2D eigenvalue weighted by Gasteiger charge is 2.10. The Labute approximate surface area is 101 Å². The van der Waals surface area contributed by atoms with E-state index in [2.05, 4.69) is 15.9 Å². The van der Waals surface area contributed by atoms with Crippen LogP contribution in [0.5, 0.6) is 0 Å². The standard InChI is InChI=1S/C10H12BrF2N3/c1-16(5-9(12)13)6-2-3-7(10(14)15)8(11)4-6/h2-4,9H,5H2,1H3,(H3,14,15). The summed E-state index contributed by atoms with van der Waals surface area (Å²) in [5.41, 5.74) is 6.54. The Morgan fingerprint density at radius 2 is 2.19 bits per heavy atom. The fourth-order valence-electron chi connectivity index (χ4n) is 1.27. The third kappa shape index (κ3) is 3.16. The Bertz CT molecular complexity index is 396. The van der Waals surface area contributed by atoms with Gasteiger partial charge < -0.3 is 10.6 Å². The van der Waals surface area contributed by atoms with E-state index in [-0.39, 0.29) is 12.4 Å². The number of nitrogens with zero attached hydrogens (tertiary/aromatic N) is 1. The molecule has 0 radical (unpaired) electrons. The lowest BCUT2D eigenvalue weighted by Gasteiger charge is -2.19. The number of rotatable bonds is 4. The van der Waals surface area contributed by atoms with Crippen LogP contribution < -0.4 is 10.6 Å². The first kappa shape index (κ1) is 12.9. The predicted molar refractivity (Wildman–Crippen MR) is 64.4 cm³/mol. The topological polar surface area (TPSA) is 53.1 Å². The van der Waals surface area contributed by atoms with Gasteiger partial charge in [0.25, 0.3) is 6.43 Å². The molecule has 0 aliphatic rings. The Balaban J connectivity index is 2.92. The van der Waals surface area contributed by atoms with Crippen molar-refractivity contribution in [1.82, 2.24) is 0 Å². The molecule has 1 aromatic rings. The van der Waals surface area contributed by atoms with Crippen molar-refractivity contribution in [2.45, 2.75) is 6.43 Å². The zero-order valence-corrected chi connectivity index (χ0v) is 10.3. The average Bonchev–Trinajstić information content (AvgIpc) is 2.15. The van der Waals surface area contributed by atoms with E-state index in [0.29, 0.717) is 15.7 Å². The molecule has 0 amide bonds. The number of halogens is 3. The lowest BCUT2D eigenvalue weighted by Crippen LogP contribution is -2.24. The highest BCUT2D eigenvalue weighted by molar-refractivity contribution is 9.10. The molecule has 0 atom stereocenters. The summed E-state index contributed by atoms with van der Waals surface area (Å²) in [4.78, 5) is 1.44. The lowest BCUT2D eigenvalue weighted by atomic mass is 10.2. The Morgan fingerprint density at radius 3 is 2.62 bits per heavy atom. The predicted octanol–water partition coefficient (Wildman–Crippen LogP) is 2.43. The number of alkyl halides is 2. The van der Waals surface area contributed by atoms with Gasteiger partial charge in [0.15, 0.2) is 0 Å². The minimum Gasteiger partial charge on any atom is -0.384 e. The Kier molecular flexibility index (Phi) is 4.23. The van der Waals surface area contributed by atoms with E-state index in [1.54, 1.807) is 25.2 Å². The van der Waals surface area contributed by atoms with Crippen LogP contribution >= 0.6 is 15.9 Å². The van der Waals surface area contributed by atoms with Crippen LogP contribution in [0.15, 0.2) is 22.7 Å². The van der Waals surface area contributed by atoms with Gasteiger partial charge in [-0.1, -0.05) is 0 Å². The van der Waals surface area contributed by atoms with Crippen LogP contribution in [0, 0.1) is 5.41 Å². The fraction of sp³-hybridized carbons (Fsp3) is 0.300. The number of amidine groups is 1. The Morgan fingerprint density at radius 1 is 1.56 bits per heavy atom. The maximum atomic E-state index is 12.2. The minimum absolute atomic E-state index is 0.0602. The van der Waals surface area contributed by atoms with Gasteiger partial charge in [-0.2, -0.15) is 0 Å². The normalized spacial score (nSPS) is 10.6. The molecule has 0 unspecified atom stereocenters. The van der Waals surface area contributed by atoms with Crippen LogP contribution in [0.4, 0.5) is 14.5 Å². The summed E-state index contributed by atoms with van der Waals surface area (Å²) in [6.45, 7) is -0.328. The number of hydrogen-bond acceptors (Lipinski definition) is 2. The maximum Gasteiger partial charge on any atom is 0.255 e. The van der Waals surface area contributed by atoms with Gasteiger partial charge >= 0.3 is 0 Å². The molecule has 0 saturated heterocycles. The molecule has 0 heterocycles. The van der Waals surface area contributed by atoms with Gasteiger partial charge in [0.2, 0.25) is 0 Å². The van der Waals surface area contributed by atoms with E-state index in [0.717, 1.165) is 0 Å². The van der Waals surface area contributed by atoms with Crippen molar-refractivity contribution >= 4 is 27.5 Å².